The number of anilines is 2. The zero-order valence-electron chi connectivity index (χ0n) is 27.6. The molecule has 7 nitrogen and oxygen atoms in total. The van der Waals surface area contributed by atoms with E-state index in [0.717, 1.165) is 35.1 Å². The van der Waals surface area contributed by atoms with Crippen LogP contribution in [0.3, 0.4) is 0 Å². The molecule has 0 saturated heterocycles. The average Bonchev–Trinajstić information content (AvgIpc) is 3.08. The highest BCUT2D eigenvalue weighted by Crippen LogP contribution is 2.34. The average molecular weight is 702 g/mol. The van der Waals surface area contributed by atoms with E-state index in [0.29, 0.717) is 16.8 Å². The first kappa shape index (κ1) is 36.3. The van der Waals surface area contributed by atoms with Crippen molar-refractivity contribution in [3.05, 3.63) is 155 Å². The lowest BCUT2D eigenvalue weighted by molar-refractivity contribution is -0.137. The van der Waals surface area contributed by atoms with Crippen LogP contribution in [0.5, 0.6) is 0 Å². The molecule has 260 valence electrons. The summed E-state index contributed by atoms with van der Waals surface area (Å²) in [6.45, 7) is 1.96. The van der Waals surface area contributed by atoms with Gasteiger partial charge in [0.05, 0.1) is 35.3 Å². The fraction of sp³-hybridized carbons (Fsp3) is 0.205. The molecule has 0 aromatic heterocycles. The molecule has 0 fully saturated rings. The van der Waals surface area contributed by atoms with E-state index in [2.05, 4.69) is 10.6 Å². The summed E-state index contributed by atoms with van der Waals surface area (Å²) >= 11 is 0. The molecule has 5 rings (SSSR count). The second kappa shape index (κ2) is 15.7. The van der Waals surface area contributed by atoms with Crippen molar-refractivity contribution in [2.75, 3.05) is 17.1 Å². The molecule has 0 spiro atoms. The van der Waals surface area contributed by atoms with Crippen molar-refractivity contribution < 1.29 is 31.5 Å². The topological polar surface area (TPSA) is 98.7 Å². The van der Waals surface area contributed by atoms with Crippen molar-refractivity contribution in [1.29, 1.82) is 0 Å². The minimum Gasteiger partial charge on any atom is -0.390 e. The smallest absolute Gasteiger partial charge is 0.390 e. The third-order valence-electron chi connectivity index (χ3n) is 8.21. The number of amides is 1. The van der Waals surface area contributed by atoms with E-state index in [1.165, 1.54) is 16.4 Å². The Morgan fingerprint density at radius 2 is 1.44 bits per heavy atom. The van der Waals surface area contributed by atoms with Crippen LogP contribution in [-0.2, 0) is 29.2 Å². The van der Waals surface area contributed by atoms with Crippen molar-refractivity contribution in [3.8, 4) is 11.1 Å². The Hall–Kier alpha value is -4.97. The summed E-state index contributed by atoms with van der Waals surface area (Å²) < 4.78 is 67.2. The third-order valence-corrected chi connectivity index (χ3v) is 9.29. The van der Waals surface area contributed by atoms with E-state index >= 15 is 0 Å². The molecule has 11 heteroatoms. The van der Waals surface area contributed by atoms with Crippen molar-refractivity contribution in [2.24, 2.45) is 0 Å². The summed E-state index contributed by atoms with van der Waals surface area (Å²) in [5, 5.41) is 17.3. The Balaban J connectivity index is 1.46. The molecule has 0 saturated carbocycles. The van der Waals surface area contributed by atoms with Gasteiger partial charge in [-0.3, -0.25) is 4.79 Å². The SMILES string of the molecule is Cc1ccccc1-c1cc(C(=O)N[C@@H](Cc2ccccc2)[C@H](O)CNCc2cccc(C(F)(F)F)c2)cc(N(c2ccccc2)S(C)(=O)=O)c1. The van der Waals surface area contributed by atoms with E-state index in [1.807, 2.05) is 61.5 Å². The van der Waals surface area contributed by atoms with Crippen LogP contribution in [-0.4, -0.2) is 44.4 Å². The minimum atomic E-state index is -4.48. The van der Waals surface area contributed by atoms with Gasteiger partial charge < -0.3 is 15.7 Å². The number of carbonyl (C=O) groups is 1. The van der Waals surface area contributed by atoms with E-state index < -0.39 is 39.8 Å². The molecule has 0 aliphatic carbocycles. The Morgan fingerprint density at radius 3 is 2.10 bits per heavy atom. The number of aliphatic hydroxyl groups excluding tert-OH is 1. The van der Waals surface area contributed by atoms with Gasteiger partial charge in [-0.1, -0.05) is 91.0 Å². The van der Waals surface area contributed by atoms with Gasteiger partial charge in [0.25, 0.3) is 5.91 Å². The number of aliphatic hydroxyl groups is 1. The zero-order chi connectivity index (χ0) is 35.9. The van der Waals surface area contributed by atoms with Gasteiger partial charge in [0.15, 0.2) is 0 Å². The first-order valence-electron chi connectivity index (χ1n) is 16.0. The number of benzene rings is 5. The van der Waals surface area contributed by atoms with Crippen LogP contribution >= 0.6 is 0 Å². The van der Waals surface area contributed by atoms with Crippen LogP contribution in [0.2, 0.25) is 0 Å². The fourth-order valence-corrected chi connectivity index (χ4v) is 6.77. The monoisotopic (exact) mass is 701 g/mol. The van der Waals surface area contributed by atoms with E-state index in [4.69, 9.17) is 0 Å². The van der Waals surface area contributed by atoms with Crippen LogP contribution < -0.4 is 14.9 Å². The lowest BCUT2D eigenvalue weighted by atomic mass is 9.97. The molecule has 0 bridgehead atoms. The molecule has 5 aromatic rings. The fourth-order valence-electron chi connectivity index (χ4n) is 5.77. The molecule has 1 amide bonds. The maximum Gasteiger partial charge on any atom is 0.416 e. The number of para-hydroxylation sites is 1. The molecule has 0 unspecified atom stereocenters. The van der Waals surface area contributed by atoms with Gasteiger partial charge in [-0.2, -0.15) is 13.2 Å². The summed E-state index contributed by atoms with van der Waals surface area (Å²) in [5.74, 6) is -0.541. The second-order valence-electron chi connectivity index (χ2n) is 12.1. The van der Waals surface area contributed by atoms with Crippen LogP contribution in [0.15, 0.2) is 127 Å². The lowest BCUT2D eigenvalue weighted by Gasteiger charge is -2.26. The highest BCUT2D eigenvalue weighted by Gasteiger charge is 2.30. The van der Waals surface area contributed by atoms with E-state index in [9.17, 15) is 31.5 Å². The minimum absolute atomic E-state index is 0.0294. The van der Waals surface area contributed by atoms with Crippen LogP contribution in [0.4, 0.5) is 24.5 Å². The third kappa shape index (κ3) is 9.38. The molecule has 0 heterocycles. The van der Waals surface area contributed by atoms with Gasteiger partial charge >= 0.3 is 6.18 Å². The number of nitrogens with one attached hydrogen (secondary N) is 2. The van der Waals surface area contributed by atoms with E-state index in [-0.39, 0.29) is 30.8 Å². The lowest BCUT2D eigenvalue weighted by Crippen LogP contribution is -2.48. The summed E-state index contributed by atoms with van der Waals surface area (Å²) in [6.07, 6.45) is -4.27. The Bertz CT molecular complexity index is 2020. The highest BCUT2D eigenvalue weighted by molar-refractivity contribution is 7.92. The number of alkyl halides is 3. The highest BCUT2D eigenvalue weighted by atomic mass is 32.2. The van der Waals surface area contributed by atoms with Gasteiger partial charge in [-0.15, -0.1) is 0 Å². The van der Waals surface area contributed by atoms with Crippen LogP contribution in [0, 0.1) is 6.92 Å². The second-order valence-corrected chi connectivity index (χ2v) is 13.9. The maximum absolute atomic E-state index is 14.1. The number of aryl methyl sites for hydroxylation is 1. The zero-order valence-corrected chi connectivity index (χ0v) is 28.4. The maximum atomic E-state index is 14.1. The Labute approximate surface area is 290 Å². The summed E-state index contributed by atoms with van der Waals surface area (Å²) in [4.78, 5) is 14.1. The predicted molar refractivity (Wildman–Crippen MR) is 191 cm³/mol. The van der Waals surface area contributed by atoms with Crippen LogP contribution in [0.1, 0.15) is 32.6 Å². The van der Waals surface area contributed by atoms with Crippen molar-refractivity contribution in [3.63, 3.8) is 0 Å². The molecule has 0 aliphatic rings. The molecule has 2 atom stereocenters. The largest absolute Gasteiger partial charge is 0.416 e. The van der Waals surface area contributed by atoms with Crippen molar-refractivity contribution in [1.82, 2.24) is 10.6 Å². The normalized spacial score (nSPS) is 13.0. The number of sulfonamides is 1. The molecule has 50 heavy (non-hydrogen) atoms. The molecule has 0 radical (unpaired) electrons. The number of rotatable bonds is 13. The summed E-state index contributed by atoms with van der Waals surface area (Å²) in [5.41, 5.74) is 3.66. The van der Waals surface area contributed by atoms with Gasteiger partial charge in [-0.25, -0.2) is 12.7 Å². The molecular formula is C39H38F3N3O4S. The summed E-state index contributed by atoms with van der Waals surface area (Å²) in [7, 11) is -3.85. The Kier molecular flexibility index (Phi) is 11.4. The Morgan fingerprint density at radius 1 is 0.800 bits per heavy atom. The molecule has 0 aliphatic heterocycles. The quantitative estimate of drug-likeness (QED) is 0.120. The van der Waals surface area contributed by atoms with Crippen molar-refractivity contribution in [2.45, 2.75) is 38.2 Å². The van der Waals surface area contributed by atoms with Crippen LogP contribution in [0.25, 0.3) is 11.1 Å². The molecule has 3 N–H and O–H groups in total. The van der Waals surface area contributed by atoms with Gasteiger partial charge in [0, 0.05) is 18.7 Å². The standard InChI is InChI=1S/C39H38F3N3O4S/c1-27-12-9-10-19-35(27)30-22-31(24-34(23-30)45(50(2,48)49)33-17-7-4-8-18-33)38(47)44-36(21-28-13-5-3-6-14-28)37(46)26-43-25-29-15-11-16-32(20-29)39(40,41)42/h3-20,22-24,36-37,43,46H,21,25-26H2,1-2H3,(H,44,47)/t36-,37+/m0/s1. The summed E-state index contributed by atoms with van der Waals surface area (Å²) in [6, 6.07) is 34.4. The first-order valence-corrected chi connectivity index (χ1v) is 17.8. The number of hydrogen-bond donors (Lipinski definition) is 3. The number of carbonyl (C=O) groups excluding carboxylic acids is 1. The number of hydrogen-bond acceptors (Lipinski definition) is 5. The van der Waals surface area contributed by atoms with Gasteiger partial charge in [-0.05, 0) is 77.6 Å². The van der Waals surface area contributed by atoms with Gasteiger partial charge in [0.2, 0.25) is 10.0 Å². The first-order chi connectivity index (χ1) is 23.8. The molecular weight excluding hydrogens is 664 g/mol. The van der Waals surface area contributed by atoms with Crippen molar-refractivity contribution >= 4 is 27.3 Å². The molecule has 5 aromatic carbocycles. The number of nitrogens with zero attached hydrogens (tertiary/aromatic N) is 1. The van der Waals surface area contributed by atoms with Gasteiger partial charge in [0.1, 0.15) is 0 Å². The predicted octanol–water partition coefficient (Wildman–Crippen LogP) is 7.27. The van der Waals surface area contributed by atoms with E-state index in [1.54, 1.807) is 48.5 Å². The number of halogens is 3.